The molecule has 13 heteroatoms. The molecule has 0 spiro atoms. The monoisotopic (exact) mass is 698 g/mol. The van der Waals surface area contributed by atoms with Crippen LogP contribution in [0.15, 0.2) is 54.6 Å². The zero-order chi connectivity index (χ0) is 37.7. The lowest BCUT2D eigenvalue weighted by Gasteiger charge is -2.44. The third-order valence-electron chi connectivity index (χ3n) is 8.87. The summed E-state index contributed by atoms with van der Waals surface area (Å²) in [6.45, 7) is 16.3. The minimum absolute atomic E-state index is 0.0849. The fourth-order valence-corrected chi connectivity index (χ4v) is 6.92. The van der Waals surface area contributed by atoms with Crippen LogP contribution in [-0.2, 0) is 57.2 Å². The smallest absolute Gasteiger partial charge is 0.338 e. The van der Waals surface area contributed by atoms with E-state index in [2.05, 4.69) is 6.58 Å². The number of ketones is 1. The zero-order valence-corrected chi connectivity index (χ0v) is 29.9. The number of allylic oxidation sites excluding steroid dienone is 1. The first-order chi connectivity index (χ1) is 23.2. The van der Waals surface area contributed by atoms with E-state index in [-0.39, 0.29) is 17.6 Å². The van der Waals surface area contributed by atoms with Crippen LogP contribution in [0.25, 0.3) is 0 Å². The van der Waals surface area contributed by atoms with E-state index in [1.807, 2.05) is 0 Å². The van der Waals surface area contributed by atoms with Gasteiger partial charge in [-0.15, -0.1) is 0 Å². The van der Waals surface area contributed by atoms with Gasteiger partial charge in [0.05, 0.1) is 11.5 Å². The molecule has 1 aromatic carbocycles. The molecule has 2 unspecified atom stereocenters. The quantitative estimate of drug-likeness (QED) is 0.225. The highest BCUT2D eigenvalue weighted by Gasteiger charge is 2.66. The SMILES string of the molecule is C=C1[C@H](OC(C)=O)C(OC(C)=O)[C@@H](OC(C)=O)C(C)(C)C=C[C@H](C)C(=O)[C@@]2(OC(C)=O)C[C@H](C)C(OC(C)=O)[C@@H]2[C@H]1OC(=O)c1ccccc1. The summed E-state index contributed by atoms with van der Waals surface area (Å²) in [4.78, 5) is 92.0. The third kappa shape index (κ3) is 8.85. The maximum Gasteiger partial charge on any atom is 0.338 e. The van der Waals surface area contributed by atoms with Gasteiger partial charge < -0.3 is 28.4 Å². The number of carbonyl (C=O) groups excluding carboxylic acids is 7. The molecule has 0 radical (unpaired) electrons. The van der Waals surface area contributed by atoms with E-state index in [1.165, 1.54) is 18.2 Å². The molecule has 50 heavy (non-hydrogen) atoms. The number of Topliss-reactive ketones (excluding diaryl/α,β-unsaturated/α-hetero) is 1. The second-order valence-corrected chi connectivity index (χ2v) is 13.5. The molecule has 1 fully saturated rings. The van der Waals surface area contributed by atoms with Crippen molar-refractivity contribution in [2.75, 3.05) is 0 Å². The predicted molar refractivity (Wildman–Crippen MR) is 176 cm³/mol. The van der Waals surface area contributed by atoms with Crippen molar-refractivity contribution in [1.82, 2.24) is 0 Å². The summed E-state index contributed by atoms with van der Waals surface area (Å²) in [6.07, 6.45) is -4.62. The maximum atomic E-state index is 14.7. The number of rotatable bonds is 7. The molecular formula is C37H46O13. The molecule has 0 saturated heterocycles. The lowest BCUT2D eigenvalue weighted by Crippen LogP contribution is -2.59. The molecule has 0 heterocycles. The van der Waals surface area contributed by atoms with Gasteiger partial charge in [-0.3, -0.25) is 28.8 Å². The van der Waals surface area contributed by atoms with Gasteiger partial charge in [0, 0.05) is 57.9 Å². The Kier molecular flexibility index (Phi) is 12.5. The van der Waals surface area contributed by atoms with E-state index >= 15 is 0 Å². The van der Waals surface area contributed by atoms with Crippen molar-refractivity contribution in [3.63, 3.8) is 0 Å². The van der Waals surface area contributed by atoms with Gasteiger partial charge in [0.15, 0.2) is 29.7 Å². The molecule has 272 valence electrons. The van der Waals surface area contributed by atoms with Crippen LogP contribution in [-0.4, -0.2) is 77.7 Å². The van der Waals surface area contributed by atoms with Crippen LogP contribution in [0, 0.1) is 23.2 Å². The number of hydrogen-bond acceptors (Lipinski definition) is 13. The standard InChI is InChI=1S/C37H46O13/c1-19-16-17-36(9,10)34(48-25(7)41)32(47-24(6)40)31(46-23(5)39)21(3)30(49-35(44)27-14-12-11-13-15-27)28-29(45-22(4)38)20(2)18-37(28,33(19)43)50-26(8)42/h11-17,19-20,28-32,34H,3,18H2,1-2,4-10H3/t19-,20-,28+,29?,30-,31-,32?,34+,37+/m0/s1. The van der Waals surface area contributed by atoms with Crippen molar-refractivity contribution in [2.45, 2.75) is 105 Å². The molecule has 0 aliphatic heterocycles. The third-order valence-corrected chi connectivity index (χ3v) is 8.87. The summed E-state index contributed by atoms with van der Waals surface area (Å²) in [5.41, 5.74) is -3.44. The van der Waals surface area contributed by atoms with Crippen LogP contribution in [0.5, 0.6) is 0 Å². The average molecular weight is 699 g/mol. The Hall–Kier alpha value is -4.81. The van der Waals surface area contributed by atoms with Crippen LogP contribution in [0.2, 0.25) is 0 Å². The van der Waals surface area contributed by atoms with Crippen LogP contribution >= 0.6 is 0 Å². The predicted octanol–water partition coefficient (Wildman–Crippen LogP) is 4.25. The van der Waals surface area contributed by atoms with Gasteiger partial charge in [0.2, 0.25) is 0 Å². The Morgan fingerprint density at radius 1 is 0.720 bits per heavy atom. The number of hydrogen-bond donors (Lipinski definition) is 0. The van der Waals surface area contributed by atoms with Gasteiger partial charge in [-0.1, -0.05) is 64.6 Å². The van der Waals surface area contributed by atoms with E-state index in [1.54, 1.807) is 52.0 Å². The highest BCUT2D eigenvalue weighted by atomic mass is 16.6. The van der Waals surface area contributed by atoms with Crippen molar-refractivity contribution in [3.05, 3.63) is 60.2 Å². The second kappa shape index (κ2) is 15.8. The summed E-state index contributed by atoms with van der Waals surface area (Å²) in [7, 11) is 0. The fraction of sp³-hybridized carbons (Fsp3) is 0.541. The van der Waals surface area contributed by atoms with Crippen molar-refractivity contribution in [2.24, 2.45) is 23.2 Å². The van der Waals surface area contributed by atoms with Crippen molar-refractivity contribution < 1.29 is 62.0 Å². The molecule has 13 nitrogen and oxygen atoms in total. The number of carbonyl (C=O) groups is 7. The van der Waals surface area contributed by atoms with Crippen LogP contribution < -0.4 is 0 Å². The lowest BCUT2D eigenvalue weighted by molar-refractivity contribution is -0.191. The Balaban J connectivity index is 2.52. The second-order valence-electron chi connectivity index (χ2n) is 13.5. The number of fused-ring (bicyclic) bond motifs is 1. The molecule has 0 amide bonds. The fourth-order valence-electron chi connectivity index (χ4n) is 6.92. The van der Waals surface area contributed by atoms with Gasteiger partial charge in [-0.25, -0.2) is 4.79 Å². The average Bonchev–Trinajstić information content (AvgIpc) is 3.27. The molecule has 1 saturated carbocycles. The highest BCUT2D eigenvalue weighted by molar-refractivity contribution is 5.94. The van der Waals surface area contributed by atoms with Crippen molar-refractivity contribution in [3.8, 4) is 0 Å². The number of ether oxygens (including phenoxy) is 6. The van der Waals surface area contributed by atoms with Gasteiger partial charge in [-0.05, 0) is 18.1 Å². The summed E-state index contributed by atoms with van der Waals surface area (Å²) >= 11 is 0. The van der Waals surface area contributed by atoms with E-state index in [9.17, 15) is 33.6 Å². The van der Waals surface area contributed by atoms with Crippen molar-refractivity contribution >= 4 is 41.6 Å². The molecule has 2 aliphatic carbocycles. The number of esters is 6. The molecule has 0 N–H and O–H groups in total. The van der Waals surface area contributed by atoms with E-state index in [0.29, 0.717) is 0 Å². The summed E-state index contributed by atoms with van der Waals surface area (Å²) in [6, 6.07) is 7.82. The normalized spacial score (nSPS) is 30.7. The van der Waals surface area contributed by atoms with Crippen molar-refractivity contribution in [1.29, 1.82) is 0 Å². The molecule has 0 bridgehead atoms. The van der Waals surface area contributed by atoms with Crippen LogP contribution in [0.3, 0.4) is 0 Å². The largest absolute Gasteiger partial charge is 0.462 e. The molecule has 0 aromatic heterocycles. The Labute approximate surface area is 291 Å². The summed E-state index contributed by atoms with van der Waals surface area (Å²) < 4.78 is 35.2. The van der Waals surface area contributed by atoms with Crippen LogP contribution in [0.1, 0.15) is 79.1 Å². The Bertz CT molecular complexity index is 1540. The van der Waals surface area contributed by atoms with Gasteiger partial charge >= 0.3 is 35.8 Å². The van der Waals surface area contributed by atoms with E-state index in [0.717, 1.165) is 34.6 Å². The topological polar surface area (TPSA) is 175 Å². The van der Waals surface area contributed by atoms with Gasteiger partial charge in [0.25, 0.3) is 0 Å². The Morgan fingerprint density at radius 3 is 1.78 bits per heavy atom. The first kappa shape index (κ1) is 39.6. The minimum atomic E-state index is -2.07. The van der Waals surface area contributed by atoms with E-state index < -0.39 is 101 Å². The molecule has 3 rings (SSSR count). The summed E-state index contributed by atoms with van der Waals surface area (Å²) in [5.74, 6) is -8.67. The number of benzene rings is 1. The highest BCUT2D eigenvalue weighted by Crippen LogP contribution is 2.51. The van der Waals surface area contributed by atoms with Gasteiger partial charge in [0.1, 0.15) is 12.2 Å². The lowest BCUT2D eigenvalue weighted by atomic mass is 9.72. The molecule has 9 atom stereocenters. The van der Waals surface area contributed by atoms with E-state index in [4.69, 9.17) is 28.4 Å². The molecule has 2 aliphatic rings. The van der Waals surface area contributed by atoms with Crippen LogP contribution in [0.4, 0.5) is 0 Å². The minimum Gasteiger partial charge on any atom is -0.462 e. The molecule has 1 aromatic rings. The zero-order valence-electron chi connectivity index (χ0n) is 29.9. The van der Waals surface area contributed by atoms with Gasteiger partial charge in [-0.2, -0.15) is 0 Å². The maximum absolute atomic E-state index is 14.7. The Morgan fingerprint density at radius 2 is 1.26 bits per heavy atom. The first-order valence-electron chi connectivity index (χ1n) is 16.3. The first-order valence-corrected chi connectivity index (χ1v) is 16.3. The summed E-state index contributed by atoms with van der Waals surface area (Å²) in [5, 5.41) is 0. The molecular weight excluding hydrogens is 652 g/mol.